The number of pyridine rings is 1. The van der Waals surface area contributed by atoms with Crippen LogP contribution in [0.2, 0.25) is 0 Å². The van der Waals surface area contributed by atoms with E-state index in [1.165, 1.54) is 43.2 Å². The van der Waals surface area contributed by atoms with Gasteiger partial charge in [-0.2, -0.15) is 13.2 Å². The van der Waals surface area contributed by atoms with Crippen molar-refractivity contribution in [2.24, 2.45) is 0 Å². The van der Waals surface area contributed by atoms with Crippen molar-refractivity contribution in [3.8, 4) is 5.88 Å². The molecule has 1 fully saturated rings. The monoisotopic (exact) mass is 407 g/mol. The van der Waals surface area contributed by atoms with Crippen LogP contribution in [0.4, 0.5) is 13.2 Å². The molecule has 2 heterocycles. The first-order valence-electron chi connectivity index (χ1n) is 9.63. The molecular weight excluding hydrogens is 383 g/mol. The van der Waals surface area contributed by atoms with Gasteiger partial charge >= 0.3 is 6.18 Å². The number of ether oxygens (including phenoxy) is 1. The highest BCUT2D eigenvalue weighted by Gasteiger charge is 2.28. The molecule has 29 heavy (non-hydrogen) atoms. The van der Waals surface area contributed by atoms with Crippen molar-refractivity contribution in [1.29, 1.82) is 0 Å². The molecule has 0 aliphatic carbocycles. The number of hydrogen-bond acceptors (Lipinski definition) is 4. The second kappa shape index (κ2) is 9.73. The molecule has 8 heteroatoms. The van der Waals surface area contributed by atoms with Crippen molar-refractivity contribution >= 4 is 5.91 Å². The first kappa shape index (κ1) is 21.1. The summed E-state index contributed by atoms with van der Waals surface area (Å²) in [5, 5.41) is 2.78. The van der Waals surface area contributed by atoms with E-state index in [0.29, 0.717) is 6.54 Å². The molecule has 1 N–H and O–H groups in total. The van der Waals surface area contributed by atoms with Crippen LogP contribution in [-0.4, -0.2) is 41.7 Å². The molecule has 0 saturated carbocycles. The molecule has 5 nitrogen and oxygen atoms in total. The van der Waals surface area contributed by atoms with E-state index in [4.69, 9.17) is 0 Å². The maximum absolute atomic E-state index is 12.2. The van der Waals surface area contributed by atoms with Gasteiger partial charge in [-0.1, -0.05) is 30.7 Å². The average molecular weight is 407 g/mol. The topological polar surface area (TPSA) is 54.5 Å². The number of carbonyl (C=O) groups is 1. The van der Waals surface area contributed by atoms with E-state index in [1.807, 2.05) is 12.1 Å². The Morgan fingerprint density at radius 3 is 2.34 bits per heavy atom. The zero-order valence-corrected chi connectivity index (χ0v) is 16.0. The number of amides is 1. The Kier molecular flexibility index (Phi) is 7.09. The molecule has 1 aliphatic heterocycles. The van der Waals surface area contributed by atoms with Crippen LogP contribution in [0.15, 0.2) is 42.6 Å². The Balaban J connectivity index is 1.46. The second-order valence-corrected chi connectivity index (χ2v) is 7.12. The highest BCUT2D eigenvalue weighted by molar-refractivity contribution is 5.93. The smallest absolute Gasteiger partial charge is 0.422 e. The van der Waals surface area contributed by atoms with Crippen LogP contribution < -0.4 is 10.1 Å². The van der Waals surface area contributed by atoms with Crippen LogP contribution in [0, 0.1) is 0 Å². The molecule has 0 unspecified atom stereocenters. The van der Waals surface area contributed by atoms with E-state index in [9.17, 15) is 18.0 Å². The Hall–Kier alpha value is -2.61. The maximum Gasteiger partial charge on any atom is 0.422 e. The Labute approximate surface area is 167 Å². The fourth-order valence-corrected chi connectivity index (χ4v) is 3.18. The van der Waals surface area contributed by atoms with Gasteiger partial charge in [-0.25, -0.2) is 4.98 Å². The summed E-state index contributed by atoms with van der Waals surface area (Å²) in [5.41, 5.74) is 2.48. The quantitative estimate of drug-likeness (QED) is 0.756. The summed E-state index contributed by atoms with van der Waals surface area (Å²) in [7, 11) is 0. The van der Waals surface area contributed by atoms with Gasteiger partial charge in [-0.15, -0.1) is 0 Å². The van der Waals surface area contributed by atoms with E-state index < -0.39 is 12.8 Å². The number of halogens is 3. The molecule has 1 saturated heterocycles. The lowest BCUT2D eigenvalue weighted by molar-refractivity contribution is -0.154. The van der Waals surface area contributed by atoms with Gasteiger partial charge in [0.25, 0.3) is 5.91 Å². The SMILES string of the molecule is O=C(NCc1ccc(CN2CCCCC2)cc1)c1ccc(OCC(F)(F)F)nc1. The summed E-state index contributed by atoms with van der Waals surface area (Å²) in [4.78, 5) is 18.4. The molecule has 156 valence electrons. The van der Waals surface area contributed by atoms with Gasteiger partial charge in [0.2, 0.25) is 5.88 Å². The molecule has 1 aromatic carbocycles. The van der Waals surface area contributed by atoms with Gasteiger partial charge < -0.3 is 10.1 Å². The number of nitrogens with one attached hydrogen (secondary N) is 1. The molecule has 1 aliphatic rings. The summed E-state index contributed by atoms with van der Waals surface area (Å²) in [6.07, 6.45) is 0.598. The van der Waals surface area contributed by atoms with Crippen molar-refractivity contribution in [1.82, 2.24) is 15.2 Å². The molecular formula is C21H24F3N3O2. The first-order chi connectivity index (χ1) is 13.9. The molecule has 1 aromatic heterocycles. The average Bonchev–Trinajstić information content (AvgIpc) is 2.72. The lowest BCUT2D eigenvalue weighted by atomic mass is 10.1. The third-order valence-electron chi connectivity index (χ3n) is 4.71. The van der Waals surface area contributed by atoms with E-state index >= 15 is 0 Å². The minimum Gasteiger partial charge on any atom is -0.468 e. The largest absolute Gasteiger partial charge is 0.468 e. The lowest BCUT2D eigenvalue weighted by Crippen LogP contribution is -2.29. The van der Waals surface area contributed by atoms with E-state index in [1.54, 1.807) is 0 Å². The number of benzene rings is 1. The first-order valence-corrected chi connectivity index (χ1v) is 9.63. The molecule has 0 bridgehead atoms. The number of piperidine rings is 1. The fourth-order valence-electron chi connectivity index (χ4n) is 3.18. The van der Waals surface area contributed by atoms with Gasteiger partial charge in [-0.3, -0.25) is 9.69 Å². The van der Waals surface area contributed by atoms with Gasteiger partial charge in [0.15, 0.2) is 6.61 Å². The zero-order chi connectivity index (χ0) is 20.7. The van der Waals surface area contributed by atoms with Crippen LogP contribution in [0.1, 0.15) is 40.7 Å². The van der Waals surface area contributed by atoms with Crippen LogP contribution >= 0.6 is 0 Å². The van der Waals surface area contributed by atoms with E-state index in [-0.39, 0.29) is 17.4 Å². The van der Waals surface area contributed by atoms with Crippen molar-refractivity contribution < 1.29 is 22.7 Å². The molecule has 2 aromatic rings. The van der Waals surface area contributed by atoms with Crippen molar-refractivity contribution in [2.45, 2.75) is 38.5 Å². The second-order valence-electron chi connectivity index (χ2n) is 7.12. The predicted molar refractivity (Wildman–Crippen MR) is 103 cm³/mol. The van der Waals surface area contributed by atoms with Gasteiger partial charge in [0.05, 0.1) is 5.56 Å². The normalized spacial score (nSPS) is 15.1. The highest BCUT2D eigenvalue weighted by Crippen LogP contribution is 2.17. The molecule has 0 radical (unpaired) electrons. The Bertz CT molecular complexity index is 786. The fraction of sp³-hybridized carbons (Fsp3) is 0.429. The molecule has 0 spiro atoms. The van der Waals surface area contributed by atoms with Gasteiger partial charge in [-0.05, 0) is 43.1 Å². The Morgan fingerprint density at radius 1 is 1.03 bits per heavy atom. The van der Waals surface area contributed by atoms with Crippen LogP contribution in [0.5, 0.6) is 5.88 Å². The van der Waals surface area contributed by atoms with Crippen LogP contribution in [0.3, 0.4) is 0 Å². The Morgan fingerprint density at radius 2 is 1.72 bits per heavy atom. The van der Waals surface area contributed by atoms with Crippen molar-refractivity contribution in [3.05, 3.63) is 59.3 Å². The number of hydrogen-bond donors (Lipinski definition) is 1. The standard InChI is InChI=1S/C21H24F3N3O2/c22-21(23,24)15-29-19-9-8-18(13-25-19)20(28)26-12-16-4-6-17(7-5-16)14-27-10-2-1-3-11-27/h4-9,13H,1-3,10-12,14-15H2,(H,26,28). The minimum absolute atomic E-state index is 0.178. The van der Waals surface area contributed by atoms with Crippen molar-refractivity contribution in [3.63, 3.8) is 0 Å². The highest BCUT2D eigenvalue weighted by atomic mass is 19.4. The number of alkyl halides is 3. The molecule has 3 rings (SSSR count). The lowest BCUT2D eigenvalue weighted by Gasteiger charge is -2.26. The van der Waals surface area contributed by atoms with Crippen LogP contribution in [0.25, 0.3) is 0 Å². The summed E-state index contributed by atoms with van der Waals surface area (Å²) >= 11 is 0. The number of nitrogens with zero attached hydrogens (tertiary/aromatic N) is 2. The third kappa shape index (κ3) is 7.05. The van der Waals surface area contributed by atoms with Crippen molar-refractivity contribution in [2.75, 3.05) is 19.7 Å². The van der Waals surface area contributed by atoms with Gasteiger partial charge in [0.1, 0.15) is 0 Å². The number of carbonyl (C=O) groups excluding carboxylic acids is 1. The predicted octanol–water partition coefficient (Wildman–Crippen LogP) is 3.94. The third-order valence-corrected chi connectivity index (χ3v) is 4.71. The number of aromatic nitrogens is 1. The number of rotatable bonds is 7. The van der Waals surface area contributed by atoms with E-state index in [2.05, 4.69) is 32.1 Å². The summed E-state index contributed by atoms with van der Waals surface area (Å²) < 4.78 is 40.9. The molecule has 0 atom stereocenters. The number of likely N-dealkylation sites (tertiary alicyclic amines) is 1. The van der Waals surface area contributed by atoms with E-state index in [0.717, 1.165) is 25.2 Å². The van der Waals surface area contributed by atoms with Crippen LogP contribution in [-0.2, 0) is 13.1 Å². The summed E-state index contributed by atoms with van der Waals surface area (Å²) in [6.45, 7) is 2.17. The molecule has 1 amide bonds. The summed E-state index contributed by atoms with van der Waals surface area (Å²) in [5.74, 6) is -0.527. The maximum atomic E-state index is 12.2. The zero-order valence-electron chi connectivity index (χ0n) is 16.0. The van der Waals surface area contributed by atoms with Gasteiger partial charge in [0, 0.05) is 25.4 Å². The minimum atomic E-state index is -4.43. The summed E-state index contributed by atoms with van der Waals surface area (Å²) in [6, 6.07) is 10.8.